The zero-order valence-corrected chi connectivity index (χ0v) is 19.3. The maximum Gasteiger partial charge on any atom is 0.199 e. The Morgan fingerprint density at radius 2 is 1.45 bits per heavy atom. The highest BCUT2D eigenvalue weighted by molar-refractivity contribution is 6.07. The van der Waals surface area contributed by atoms with Gasteiger partial charge in [0.15, 0.2) is 11.4 Å². The Morgan fingerprint density at radius 3 is 1.93 bits per heavy atom. The third-order valence-electron chi connectivity index (χ3n) is 4.71. The number of carbonyl (C=O) groups excluding carboxylic acids is 1. The number of allylic oxidation sites excluding steroid dienone is 2. The first-order valence-corrected chi connectivity index (χ1v) is 10.1. The van der Waals surface area contributed by atoms with Gasteiger partial charge >= 0.3 is 0 Å². The van der Waals surface area contributed by atoms with Gasteiger partial charge in [-0.1, -0.05) is 71.6 Å². The maximum atomic E-state index is 13.7. The molecule has 3 nitrogen and oxygen atoms in total. The Morgan fingerprint density at radius 1 is 0.862 bits per heavy atom. The van der Waals surface area contributed by atoms with Crippen molar-refractivity contribution in [1.82, 2.24) is 0 Å². The predicted octanol–water partition coefficient (Wildman–Crippen LogP) is 6.05. The zero-order valence-electron chi connectivity index (χ0n) is 19.3. The van der Waals surface area contributed by atoms with E-state index in [0.717, 1.165) is 11.1 Å². The van der Waals surface area contributed by atoms with Crippen molar-refractivity contribution in [2.24, 2.45) is 10.8 Å². The number of rotatable bonds is 2. The molecule has 1 aromatic carbocycles. The van der Waals surface area contributed by atoms with Crippen LogP contribution in [0.1, 0.15) is 67.9 Å². The summed E-state index contributed by atoms with van der Waals surface area (Å²) in [6.07, 6.45) is 3.72. The smallest absolute Gasteiger partial charge is 0.199 e. The predicted molar refractivity (Wildman–Crippen MR) is 118 cm³/mol. The highest BCUT2D eigenvalue weighted by Gasteiger charge is 2.54. The molecule has 2 rings (SSSR count). The van der Waals surface area contributed by atoms with Crippen LogP contribution in [0.2, 0.25) is 0 Å². The highest BCUT2D eigenvalue weighted by atomic mass is 17.2. The van der Waals surface area contributed by atoms with Gasteiger partial charge in [0.1, 0.15) is 0 Å². The molecule has 29 heavy (non-hydrogen) atoms. The van der Waals surface area contributed by atoms with Crippen LogP contribution in [0.25, 0.3) is 0 Å². The molecule has 0 spiro atoms. The summed E-state index contributed by atoms with van der Waals surface area (Å²) >= 11 is 0. The van der Waals surface area contributed by atoms with Crippen LogP contribution in [0, 0.1) is 22.7 Å². The van der Waals surface area contributed by atoms with E-state index in [1.807, 2.05) is 105 Å². The Balaban J connectivity index is 2.64. The summed E-state index contributed by atoms with van der Waals surface area (Å²) < 4.78 is 0. The molecule has 3 heteroatoms. The third kappa shape index (κ3) is 5.47. The number of hydrogen-bond donors (Lipinski definition) is 0. The van der Waals surface area contributed by atoms with E-state index < -0.39 is 16.6 Å². The number of carbonyl (C=O) groups is 1. The quantitative estimate of drug-likeness (QED) is 0.348. The van der Waals surface area contributed by atoms with E-state index in [1.54, 1.807) is 0 Å². The summed E-state index contributed by atoms with van der Waals surface area (Å²) in [7, 11) is 0. The van der Waals surface area contributed by atoms with Gasteiger partial charge in [-0.3, -0.25) is 4.79 Å². The number of hydrogen-bond acceptors (Lipinski definition) is 3. The van der Waals surface area contributed by atoms with Gasteiger partial charge in [0.25, 0.3) is 0 Å². The SMILES string of the molecule is CC(C)(C)OOC1(C(C)(C)C)C=C(C#Cc2ccccc2)C=C(C(C)(C)C)C1=O. The van der Waals surface area contributed by atoms with Crippen LogP contribution < -0.4 is 0 Å². The molecule has 0 saturated carbocycles. The van der Waals surface area contributed by atoms with Crippen molar-refractivity contribution in [2.45, 2.75) is 73.5 Å². The molecule has 156 valence electrons. The van der Waals surface area contributed by atoms with Gasteiger partial charge in [-0.2, -0.15) is 0 Å². The summed E-state index contributed by atoms with van der Waals surface area (Å²) in [5.74, 6) is 6.35. The molecule has 1 aromatic rings. The molecular weight excluding hydrogens is 360 g/mol. The second kappa shape index (κ2) is 7.94. The summed E-state index contributed by atoms with van der Waals surface area (Å²) in [5.41, 5.74) is -0.351. The summed E-state index contributed by atoms with van der Waals surface area (Å²) in [6, 6.07) is 9.81. The van der Waals surface area contributed by atoms with Crippen LogP contribution in [0.4, 0.5) is 0 Å². The van der Waals surface area contributed by atoms with Crippen LogP contribution in [0.15, 0.2) is 53.6 Å². The molecule has 0 aromatic heterocycles. The van der Waals surface area contributed by atoms with E-state index in [-0.39, 0.29) is 11.2 Å². The first kappa shape index (κ1) is 23.1. The lowest BCUT2D eigenvalue weighted by Crippen LogP contribution is -2.54. The largest absolute Gasteiger partial charge is 0.291 e. The minimum atomic E-state index is -1.27. The summed E-state index contributed by atoms with van der Waals surface area (Å²) in [6.45, 7) is 17.8. The van der Waals surface area contributed by atoms with Crippen molar-refractivity contribution in [3.63, 3.8) is 0 Å². The molecule has 0 N–H and O–H groups in total. The Bertz CT molecular complexity index is 872. The van der Waals surface area contributed by atoms with E-state index in [4.69, 9.17) is 9.78 Å². The van der Waals surface area contributed by atoms with Crippen LogP contribution in [0.3, 0.4) is 0 Å². The molecule has 1 unspecified atom stereocenters. The highest BCUT2D eigenvalue weighted by Crippen LogP contribution is 2.45. The van der Waals surface area contributed by atoms with E-state index in [9.17, 15) is 4.79 Å². The lowest BCUT2D eigenvalue weighted by Gasteiger charge is -2.44. The lowest BCUT2D eigenvalue weighted by molar-refractivity contribution is -0.397. The Kier molecular flexibility index (Phi) is 6.33. The second-order valence-electron chi connectivity index (χ2n) is 10.6. The minimum absolute atomic E-state index is 0.0768. The van der Waals surface area contributed by atoms with E-state index in [2.05, 4.69) is 11.8 Å². The molecule has 1 aliphatic carbocycles. The first-order chi connectivity index (χ1) is 13.2. The summed E-state index contributed by atoms with van der Waals surface area (Å²) in [5, 5.41) is 0. The van der Waals surface area contributed by atoms with Gasteiger partial charge in [-0.15, -0.1) is 0 Å². The molecule has 1 atom stereocenters. The lowest BCUT2D eigenvalue weighted by atomic mass is 9.65. The van der Waals surface area contributed by atoms with Crippen molar-refractivity contribution in [3.05, 3.63) is 59.2 Å². The molecule has 0 bridgehead atoms. The molecular formula is C26H34O3. The number of benzene rings is 1. The van der Waals surface area contributed by atoms with E-state index >= 15 is 0 Å². The normalized spacial score (nSPS) is 20.5. The van der Waals surface area contributed by atoms with Crippen LogP contribution in [0.5, 0.6) is 0 Å². The molecule has 0 radical (unpaired) electrons. The first-order valence-electron chi connectivity index (χ1n) is 10.1. The average Bonchev–Trinajstić information content (AvgIpc) is 2.58. The fraction of sp³-hybridized carbons (Fsp3) is 0.500. The molecule has 0 saturated heterocycles. The van der Waals surface area contributed by atoms with Crippen molar-refractivity contribution < 1.29 is 14.6 Å². The van der Waals surface area contributed by atoms with Crippen LogP contribution in [-0.2, 0) is 14.6 Å². The van der Waals surface area contributed by atoms with Crippen LogP contribution in [-0.4, -0.2) is 17.0 Å². The zero-order chi connectivity index (χ0) is 22.1. The van der Waals surface area contributed by atoms with Gasteiger partial charge in [0, 0.05) is 22.1 Å². The fourth-order valence-electron chi connectivity index (χ4n) is 2.98. The van der Waals surface area contributed by atoms with Crippen LogP contribution >= 0.6 is 0 Å². The van der Waals surface area contributed by atoms with E-state index in [0.29, 0.717) is 5.57 Å². The average molecular weight is 395 g/mol. The van der Waals surface area contributed by atoms with Gasteiger partial charge in [-0.25, -0.2) is 9.78 Å². The third-order valence-corrected chi connectivity index (χ3v) is 4.71. The standard InChI is InChI=1S/C26H34O3/c1-23(2,3)21-17-20(16-15-19-13-11-10-12-14-19)18-26(22(21)27,24(4,5)6)29-28-25(7,8)9/h10-14,17-18H,1-9H3. The van der Waals surface area contributed by atoms with Gasteiger partial charge in [-0.05, 0) is 50.5 Å². The topological polar surface area (TPSA) is 35.5 Å². The Labute approximate surface area is 176 Å². The molecule has 0 amide bonds. The molecule has 0 heterocycles. The van der Waals surface area contributed by atoms with E-state index in [1.165, 1.54) is 0 Å². The van der Waals surface area contributed by atoms with Gasteiger partial charge in [0.05, 0.1) is 5.60 Å². The number of ketones is 1. The Hall–Kier alpha value is -2.15. The number of Topliss-reactive ketones (excluding diaryl/α,β-unsaturated/α-hetero) is 1. The van der Waals surface area contributed by atoms with Crippen molar-refractivity contribution in [3.8, 4) is 11.8 Å². The molecule has 1 aliphatic rings. The van der Waals surface area contributed by atoms with Crippen molar-refractivity contribution in [1.29, 1.82) is 0 Å². The molecule has 0 aliphatic heterocycles. The molecule has 0 fully saturated rings. The maximum absolute atomic E-state index is 13.7. The van der Waals surface area contributed by atoms with Crippen molar-refractivity contribution in [2.75, 3.05) is 0 Å². The van der Waals surface area contributed by atoms with Gasteiger partial charge < -0.3 is 0 Å². The van der Waals surface area contributed by atoms with Crippen molar-refractivity contribution >= 4 is 5.78 Å². The monoisotopic (exact) mass is 394 g/mol. The van der Waals surface area contributed by atoms with Gasteiger partial charge in [0.2, 0.25) is 0 Å². The summed E-state index contributed by atoms with van der Waals surface area (Å²) in [4.78, 5) is 25.4. The second-order valence-corrected chi connectivity index (χ2v) is 10.6. The minimum Gasteiger partial charge on any atom is -0.291 e. The fourth-order valence-corrected chi connectivity index (χ4v) is 2.98.